The first kappa shape index (κ1) is 26.4. The molecule has 3 aromatic carbocycles. The fraction of sp³-hybridized carbons (Fsp3) is 0.308. The average Bonchev–Trinajstić information content (AvgIpc) is 3.38. The highest BCUT2D eigenvalue weighted by molar-refractivity contribution is 7.99. The third-order valence-corrected chi connectivity index (χ3v) is 7.66. The number of rotatable bonds is 6. The second kappa shape index (κ2) is 10.5. The molecule has 2 unspecified atom stereocenters. The normalized spacial score (nSPS) is 23.6. The van der Waals surface area contributed by atoms with Crippen molar-refractivity contribution in [1.82, 2.24) is 15.0 Å². The van der Waals surface area contributed by atoms with Crippen molar-refractivity contribution in [3.63, 3.8) is 0 Å². The molecule has 200 valence electrons. The third kappa shape index (κ3) is 4.85. The van der Waals surface area contributed by atoms with Crippen molar-refractivity contribution in [1.29, 1.82) is 0 Å². The van der Waals surface area contributed by atoms with E-state index >= 15 is 0 Å². The average molecular weight is 547 g/mol. The molecule has 0 bridgehead atoms. The molecule has 38 heavy (non-hydrogen) atoms. The lowest BCUT2D eigenvalue weighted by Crippen LogP contribution is -2.55. The lowest BCUT2D eigenvalue weighted by molar-refractivity contribution is -0.178. The second-order valence-electron chi connectivity index (χ2n) is 9.21. The molecule has 0 saturated carbocycles. The van der Waals surface area contributed by atoms with Gasteiger partial charge in [0, 0.05) is 35.6 Å². The van der Waals surface area contributed by atoms with Gasteiger partial charge in [0.05, 0.1) is 12.8 Å². The summed E-state index contributed by atoms with van der Waals surface area (Å²) < 4.78 is 47.8. The number of aliphatic hydroxyl groups is 3. The van der Waals surface area contributed by atoms with Gasteiger partial charge in [-0.15, -0.1) is 5.10 Å². The van der Waals surface area contributed by atoms with E-state index in [2.05, 4.69) is 10.3 Å². The van der Waals surface area contributed by atoms with E-state index in [9.17, 15) is 28.5 Å². The van der Waals surface area contributed by atoms with Gasteiger partial charge in [-0.1, -0.05) is 35.2 Å². The van der Waals surface area contributed by atoms with E-state index in [0.717, 1.165) is 38.2 Å². The van der Waals surface area contributed by atoms with Crippen molar-refractivity contribution >= 4 is 28.2 Å². The standard InChI is InChI=1S/C26H25F3N4O4S/c1-32(2)20-5-3-4-13-8-15(6-7-16(13)20)38-26-25(36)23(24(35)21(12-34)37-26)33-11-19(30-31-33)14-9-17(27)22(29)18(28)10-14/h3-11,21,23-26,34-36H,12H2,1-2H3/t21?,23?,24-,25+,26+/m0/s1. The largest absolute Gasteiger partial charge is 0.394 e. The number of anilines is 1. The minimum Gasteiger partial charge on any atom is -0.394 e. The van der Waals surface area contributed by atoms with E-state index in [1.54, 1.807) is 0 Å². The number of nitrogens with zero attached hydrogens (tertiary/aromatic N) is 4. The lowest BCUT2D eigenvalue weighted by Gasteiger charge is -2.41. The number of aromatic nitrogens is 3. The fourth-order valence-electron chi connectivity index (χ4n) is 4.58. The summed E-state index contributed by atoms with van der Waals surface area (Å²) in [6, 6.07) is 12.2. The van der Waals surface area contributed by atoms with Crippen LogP contribution in [0.15, 0.2) is 59.6 Å². The molecule has 0 aliphatic carbocycles. The highest BCUT2D eigenvalue weighted by Crippen LogP contribution is 2.39. The summed E-state index contributed by atoms with van der Waals surface area (Å²) in [5, 5.41) is 41.8. The molecule has 8 nitrogen and oxygen atoms in total. The smallest absolute Gasteiger partial charge is 0.194 e. The number of hydrogen-bond donors (Lipinski definition) is 3. The zero-order valence-corrected chi connectivity index (χ0v) is 21.2. The van der Waals surface area contributed by atoms with Gasteiger partial charge in [0.2, 0.25) is 0 Å². The molecule has 2 heterocycles. The molecule has 5 atom stereocenters. The Hall–Kier alpha value is -3.16. The number of thioether (sulfide) groups is 1. The van der Waals surface area contributed by atoms with E-state index in [0.29, 0.717) is 0 Å². The maximum atomic E-state index is 13.7. The summed E-state index contributed by atoms with van der Waals surface area (Å²) in [7, 11) is 3.92. The third-order valence-electron chi connectivity index (χ3n) is 6.51. The number of fused-ring (bicyclic) bond motifs is 1. The highest BCUT2D eigenvalue weighted by Gasteiger charge is 2.46. The summed E-state index contributed by atoms with van der Waals surface area (Å²) in [4.78, 5) is 2.81. The molecule has 0 amide bonds. The van der Waals surface area contributed by atoms with Crippen LogP contribution in [-0.4, -0.2) is 74.8 Å². The van der Waals surface area contributed by atoms with Crippen molar-refractivity contribution in [3.05, 3.63) is 72.2 Å². The molecule has 1 saturated heterocycles. The van der Waals surface area contributed by atoms with Gasteiger partial charge >= 0.3 is 0 Å². The Morgan fingerprint density at radius 2 is 1.76 bits per heavy atom. The highest BCUT2D eigenvalue weighted by atomic mass is 32.2. The molecule has 0 spiro atoms. The Bertz CT molecular complexity index is 1450. The van der Waals surface area contributed by atoms with Gasteiger partial charge in [-0.25, -0.2) is 17.9 Å². The van der Waals surface area contributed by atoms with Crippen LogP contribution in [0.5, 0.6) is 0 Å². The van der Waals surface area contributed by atoms with E-state index < -0.39 is 53.8 Å². The molecule has 4 aromatic rings. The number of benzene rings is 3. The van der Waals surface area contributed by atoms with Crippen molar-refractivity contribution in [2.24, 2.45) is 0 Å². The number of ether oxygens (including phenoxy) is 1. The Balaban J connectivity index is 1.43. The maximum Gasteiger partial charge on any atom is 0.194 e. The van der Waals surface area contributed by atoms with Gasteiger partial charge in [-0.2, -0.15) is 0 Å². The van der Waals surface area contributed by atoms with Gasteiger partial charge in [0.25, 0.3) is 0 Å². The lowest BCUT2D eigenvalue weighted by atomic mass is 9.97. The summed E-state index contributed by atoms with van der Waals surface area (Å²) in [5.41, 5.74) is 0.0917. The Morgan fingerprint density at radius 3 is 2.45 bits per heavy atom. The zero-order chi connectivity index (χ0) is 27.1. The van der Waals surface area contributed by atoms with Crippen molar-refractivity contribution in [3.8, 4) is 11.3 Å². The predicted molar refractivity (Wildman–Crippen MR) is 136 cm³/mol. The second-order valence-corrected chi connectivity index (χ2v) is 10.4. The first-order chi connectivity index (χ1) is 18.2. The summed E-state index contributed by atoms with van der Waals surface area (Å²) in [6.45, 7) is -0.526. The number of hydrogen-bond acceptors (Lipinski definition) is 8. The molecule has 5 rings (SSSR count). The van der Waals surface area contributed by atoms with Crippen molar-refractivity contribution in [2.75, 3.05) is 25.6 Å². The predicted octanol–water partition coefficient (Wildman–Crippen LogP) is 3.35. The van der Waals surface area contributed by atoms with Crippen molar-refractivity contribution < 1.29 is 33.2 Å². The molecule has 1 aromatic heterocycles. The van der Waals surface area contributed by atoms with Gasteiger partial charge in [-0.3, -0.25) is 0 Å². The van der Waals surface area contributed by atoms with Crippen LogP contribution in [-0.2, 0) is 4.74 Å². The molecule has 1 aliphatic heterocycles. The van der Waals surface area contributed by atoms with Crippen LogP contribution in [0.4, 0.5) is 18.9 Å². The Labute approximate surface area is 220 Å². The molecular formula is C26H25F3N4O4S. The van der Waals surface area contributed by atoms with E-state index in [1.165, 1.54) is 18.0 Å². The number of aliphatic hydroxyl groups excluding tert-OH is 3. The van der Waals surface area contributed by atoms with Crippen LogP contribution in [0.3, 0.4) is 0 Å². The summed E-state index contributed by atoms with van der Waals surface area (Å²) >= 11 is 1.22. The maximum absolute atomic E-state index is 13.7. The number of halogens is 3. The topological polar surface area (TPSA) is 104 Å². The van der Waals surface area contributed by atoms with Crippen LogP contribution in [0.1, 0.15) is 6.04 Å². The molecular weight excluding hydrogens is 521 g/mol. The van der Waals surface area contributed by atoms with E-state index in [4.69, 9.17) is 4.74 Å². The van der Waals surface area contributed by atoms with Gasteiger partial charge in [0.15, 0.2) is 17.5 Å². The summed E-state index contributed by atoms with van der Waals surface area (Å²) in [5.74, 6) is -4.37. The zero-order valence-electron chi connectivity index (χ0n) is 20.4. The monoisotopic (exact) mass is 546 g/mol. The Kier molecular flexibility index (Phi) is 7.34. The SMILES string of the molecule is CN(C)c1cccc2cc(S[C@H]3OC(CO)[C@H](O)C(n4cc(-c5cc(F)c(F)c(F)c5)nn4)[C@H]3O)ccc12. The fourth-order valence-corrected chi connectivity index (χ4v) is 5.69. The first-order valence-corrected chi connectivity index (χ1v) is 12.6. The van der Waals surface area contributed by atoms with Gasteiger partial charge in [0.1, 0.15) is 35.5 Å². The Morgan fingerprint density at radius 1 is 1.03 bits per heavy atom. The van der Waals surface area contributed by atoms with Crippen molar-refractivity contribution in [2.45, 2.75) is 34.7 Å². The molecule has 1 aliphatic rings. The first-order valence-electron chi connectivity index (χ1n) is 11.7. The van der Waals surface area contributed by atoms with Crippen LogP contribution in [0.2, 0.25) is 0 Å². The van der Waals surface area contributed by atoms with Crippen LogP contribution in [0.25, 0.3) is 22.0 Å². The molecule has 3 N–H and O–H groups in total. The minimum atomic E-state index is -1.60. The molecule has 0 radical (unpaired) electrons. The van der Waals surface area contributed by atoms with E-state index in [1.807, 2.05) is 55.4 Å². The molecule has 12 heteroatoms. The summed E-state index contributed by atoms with van der Waals surface area (Å²) in [6.07, 6.45) is -2.45. The van der Waals surface area contributed by atoms with Crippen LogP contribution >= 0.6 is 11.8 Å². The van der Waals surface area contributed by atoms with Crippen LogP contribution < -0.4 is 4.90 Å². The minimum absolute atomic E-state index is 0.00432. The quantitative estimate of drug-likeness (QED) is 0.317. The van der Waals surface area contributed by atoms with Gasteiger partial charge in [-0.05, 0) is 35.7 Å². The van der Waals surface area contributed by atoms with E-state index in [-0.39, 0.29) is 11.3 Å². The molecule has 1 fully saturated rings. The van der Waals surface area contributed by atoms with Gasteiger partial charge < -0.3 is 25.0 Å². The van der Waals surface area contributed by atoms with Crippen LogP contribution in [0, 0.1) is 17.5 Å².